The van der Waals surface area contributed by atoms with Crippen LogP contribution in [-0.4, -0.2) is 42.0 Å². The Labute approximate surface area is 146 Å². The number of carbonyl (C=O) groups is 1. The van der Waals surface area contributed by atoms with Crippen LogP contribution in [0.2, 0.25) is 0 Å². The Morgan fingerprint density at radius 2 is 1.83 bits per heavy atom. The minimum absolute atomic E-state index is 0.105. The number of Topliss-reactive ketones (excluding diaryl/α,β-unsaturated/α-hetero) is 1. The average Bonchev–Trinajstić information content (AvgIpc) is 2.80. The van der Waals surface area contributed by atoms with Gasteiger partial charge in [-0.1, -0.05) is 25.5 Å². The van der Waals surface area contributed by atoms with Gasteiger partial charge in [0.15, 0.2) is 5.78 Å². The summed E-state index contributed by atoms with van der Waals surface area (Å²) in [6, 6.07) is 0.116. The van der Waals surface area contributed by atoms with Crippen molar-refractivity contribution >= 4 is 5.78 Å². The van der Waals surface area contributed by atoms with Crippen molar-refractivity contribution in [3.05, 3.63) is 11.6 Å². The van der Waals surface area contributed by atoms with Gasteiger partial charge in [0.05, 0.1) is 12.1 Å². The van der Waals surface area contributed by atoms with Gasteiger partial charge in [0, 0.05) is 5.41 Å². The zero-order valence-corrected chi connectivity index (χ0v) is 15.7. The smallest absolute Gasteiger partial charge is 0.156 e. The molecular weight excluding hydrogens is 298 g/mol. The predicted molar refractivity (Wildman–Crippen MR) is 95.6 cm³/mol. The Morgan fingerprint density at radius 3 is 2.54 bits per heavy atom. The average molecular weight is 332 g/mol. The largest absolute Gasteiger partial charge is 0.393 e. The molecule has 134 valence electrons. The van der Waals surface area contributed by atoms with Gasteiger partial charge in [0.25, 0.3) is 0 Å². The summed E-state index contributed by atoms with van der Waals surface area (Å²) in [6.07, 6.45) is 9.67. The molecule has 3 nitrogen and oxygen atoms in total. The second-order valence-electron chi connectivity index (χ2n) is 9.69. The molecule has 7 atom stereocenters. The van der Waals surface area contributed by atoms with Crippen LogP contribution in [-0.2, 0) is 4.79 Å². The van der Waals surface area contributed by atoms with E-state index < -0.39 is 0 Å². The van der Waals surface area contributed by atoms with E-state index in [0.717, 1.165) is 38.5 Å². The minimum Gasteiger partial charge on any atom is -0.393 e. The van der Waals surface area contributed by atoms with Gasteiger partial charge < -0.3 is 5.11 Å². The Hall–Kier alpha value is -0.670. The number of aliphatic hydroxyl groups excluding tert-OH is 1. The SMILES string of the molecule is CN(C)[C@@H]1C[C@H]2[C@@H]3CC=C4CC(O)CC[C@]4(C)[C@H]3CC[C@]2(C)C1=O. The summed E-state index contributed by atoms with van der Waals surface area (Å²) in [5, 5.41) is 10.1. The zero-order valence-electron chi connectivity index (χ0n) is 15.7. The monoisotopic (exact) mass is 331 g/mol. The number of aliphatic hydroxyl groups is 1. The molecular formula is C21H33NO2. The Morgan fingerprint density at radius 1 is 1.12 bits per heavy atom. The summed E-state index contributed by atoms with van der Waals surface area (Å²) in [4.78, 5) is 15.2. The van der Waals surface area contributed by atoms with Crippen molar-refractivity contribution in [3.8, 4) is 0 Å². The number of likely N-dealkylation sites (N-methyl/N-ethyl adjacent to an activating group) is 1. The number of rotatable bonds is 1. The van der Waals surface area contributed by atoms with Gasteiger partial charge in [-0.05, 0) is 82.2 Å². The van der Waals surface area contributed by atoms with Crippen molar-refractivity contribution in [2.75, 3.05) is 14.1 Å². The van der Waals surface area contributed by atoms with E-state index in [4.69, 9.17) is 0 Å². The molecule has 4 aliphatic carbocycles. The first kappa shape index (κ1) is 16.8. The molecule has 0 aromatic heterocycles. The van der Waals surface area contributed by atoms with Crippen molar-refractivity contribution < 1.29 is 9.90 Å². The van der Waals surface area contributed by atoms with E-state index in [1.54, 1.807) is 0 Å². The number of hydrogen-bond donors (Lipinski definition) is 1. The van der Waals surface area contributed by atoms with E-state index in [9.17, 15) is 9.90 Å². The fraction of sp³-hybridized carbons (Fsp3) is 0.857. The maximum atomic E-state index is 13.1. The van der Waals surface area contributed by atoms with E-state index >= 15 is 0 Å². The molecule has 4 aliphatic rings. The van der Waals surface area contributed by atoms with E-state index in [2.05, 4.69) is 38.9 Å². The molecule has 3 heteroatoms. The highest BCUT2D eigenvalue weighted by Crippen LogP contribution is 2.64. The van der Waals surface area contributed by atoms with Gasteiger partial charge >= 0.3 is 0 Å². The van der Waals surface area contributed by atoms with Gasteiger partial charge in [0.2, 0.25) is 0 Å². The second-order valence-corrected chi connectivity index (χ2v) is 9.69. The highest BCUT2D eigenvalue weighted by Gasteiger charge is 2.61. The van der Waals surface area contributed by atoms with E-state index in [-0.39, 0.29) is 23.0 Å². The third-order valence-electron chi connectivity index (χ3n) is 8.43. The minimum atomic E-state index is -0.138. The predicted octanol–water partition coefficient (Wildman–Crippen LogP) is 3.42. The van der Waals surface area contributed by atoms with Crippen LogP contribution in [0, 0.1) is 28.6 Å². The normalized spacial score (nSPS) is 51.0. The van der Waals surface area contributed by atoms with Crippen LogP contribution < -0.4 is 0 Å². The number of hydrogen-bond acceptors (Lipinski definition) is 3. The number of allylic oxidation sites excluding steroid dienone is 1. The number of nitrogens with zero attached hydrogens (tertiary/aromatic N) is 1. The molecule has 0 aliphatic heterocycles. The molecule has 1 N–H and O–H groups in total. The quantitative estimate of drug-likeness (QED) is 0.749. The molecule has 1 unspecified atom stereocenters. The summed E-state index contributed by atoms with van der Waals surface area (Å²) in [7, 11) is 4.12. The molecule has 4 rings (SSSR count). The molecule has 0 aromatic rings. The summed E-state index contributed by atoms with van der Waals surface area (Å²) in [5.41, 5.74) is 1.67. The van der Waals surface area contributed by atoms with E-state index in [1.807, 2.05) is 0 Å². The second kappa shape index (κ2) is 5.41. The van der Waals surface area contributed by atoms with Crippen LogP contribution in [0.5, 0.6) is 0 Å². The highest BCUT2D eigenvalue weighted by atomic mass is 16.3. The van der Waals surface area contributed by atoms with Gasteiger partial charge in [-0.2, -0.15) is 0 Å². The number of fused-ring (bicyclic) bond motifs is 5. The molecule has 0 saturated heterocycles. The molecule has 0 amide bonds. The lowest BCUT2D eigenvalue weighted by molar-refractivity contribution is -0.134. The third kappa shape index (κ3) is 2.13. The molecule has 0 aromatic carbocycles. The molecule has 0 heterocycles. The van der Waals surface area contributed by atoms with Crippen LogP contribution in [0.25, 0.3) is 0 Å². The van der Waals surface area contributed by atoms with Crippen molar-refractivity contribution in [2.24, 2.45) is 28.6 Å². The molecule has 0 bridgehead atoms. The fourth-order valence-corrected chi connectivity index (χ4v) is 6.88. The molecule has 0 radical (unpaired) electrons. The van der Waals surface area contributed by atoms with Crippen molar-refractivity contribution in [1.82, 2.24) is 4.90 Å². The number of carbonyl (C=O) groups excluding carboxylic acids is 1. The van der Waals surface area contributed by atoms with Crippen molar-refractivity contribution in [2.45, 2.75) is 70.9 Å². The first-order valence-electron chi connectivity index (χ1n) is 9.85. The first-order chi connectivity index (χ1) is 11.3. The Bertz CT molecular complexity index is 582. The lowest BCUT2D eigenvalue weighted by atomic mass is 9.48. The van der Waals surface area contributed by atoms with Gasteiger partial charge in [-0.3, -0.25) is 9.69 Å². The third-order valence-corrected chi connectivity index (χ3v) is 8.43. The Kier molecular flexibility index (Phi) is 3.78. The lowest BCUT2D eigenvalue weighted by Crippen LogP contribution is -2.50. The molecule has 0 spiro atoms. The van der Waals surface area contributed by atoms with Gasteiger partial charge in [-0.15, -0.1) is 0 Å². The van der Waals surface area contributed by atoms with Gasteiger partial charge in [0.1, 0.15) is 0 Å². The summed E-state index contributed by atoms with van der Waals surface area (Å²) < 4.78 is 0. The standard InChI is InChI=1S/C21H33NO2/c1-20-9-7-14(23)11-13(20)5-6-15-16(20)8-10-21(2)17(15)12-18(19(21)24)22(3)4/h5,14-18,23H,6-12H2,1-4H3/t14?,15-,16+,17+,18-,20+,21+/m1/s1. The zero-order chi connectivity index (χ0) is 17.3. The number of ketones is 1. The Balaban J connectivity index is 1.68. The molecule has 3 saturated carbocycles. The molecule has 24 heavy (non-hydrogen) atoms. The highest BCUT2D eigenvalue weighted by molar-refractivity contribution is 5.92. The lowest BCUT2D eigenvalue weighted by Gasteiger charge is -2.56. The first-order valence-corrected chi connectivity index (χ1v) is 9.85. The van der Waals surface area contributed by atoms with Crippen molar-refractivity contribution in [3.63, 3.8) is 0 Å². The maximum absolute atomic E-state index is 13.1. The van der Waals surface area contributed by atoms with E-state index in [0.29, 0.717) is 23.5 Å². The van der Waals surface area contributed by atoms with Crippen molar-refractivity contribution in [1.29, 1.82) is 0 Å². The van der Waals surface area contributed by atoms with Crippen LogP contribution in [0.15, 0.2) is 11.6 Å². The maximum Gasteiger partial charge on any atom is 0.156 e. The summed E-state index contributed by atoms with van der Waals surface area (Å²) in [5.74, 6) is 2.39. The van der Waals surface area contributed by atoms with E-state index in [1.165, 1.54) is 12.0 Å². The van der Waals surface area contributed by atoms with Crippen LogP contribution in [0.1, 0.15) is 58.8 Å². The fourth-order valence-electron chi connectivity index (χ4n) is 6.88. The van der Waals surface area contributed by atoms with Crippen LogP contribution in [0.3, 0.4) is 0 Å². The molecule has 3 fully saturated rings. The van der Waals surface area contributed by atoms with Crippen LogP contribution in [0.4, 0.5) is 0 Å². The summed E-state index contributed by atoms with van der Waals surface area (Å²) >= 11 is 0. The van der Waals surface area contributed by atoms with Gasteiger partial charge in [-0.25, -0.2) is 0 Å². The topological polar surface area (TPSA) is 40.5 Å². The van der Waals surface area contributed by atoms with Crippen LogP contribution >= 0.6 is 0 Å². The summed E-state index contributed by atoms with van der Waals surface area (Å²) in [6.45, 7) is 4.70.